The molecule has 5 aromatic carbocycles. The summed E-state index contributed by atoms with van der Waals surface area (Å²) in [5.74, 6) is 0. The Kier molecular flexibility index (Phi) is 8.47. The van der Waals surface area contributed by atoms with E-state index in [0.717, 1.165) is 0 Å². The lowest BCUT2D eigenvalue weighted by molar-refractivity contribution is 0.481. The van der Waals surface area contributed by atoms with Crippen LogP contribution < -0.4 is 11.5 Å². The zero-order valence-electron chi connectivity index (χ0n) is 23.3. The van der Waals surface area contributed by atoms with E-state index in [1.54, 1.807) is 55.5 Å². The van der Waals surface area contributed by atoms with Gasteiger partial charge in [0.2, 0.25) is 0 Å². The minimum Gasteiger partial charge on any atom is -0.399 e. The third-order valence-electron chi connectivity index (χ3n) is 6.42. The molecule has 5 aromatic rings. The first-order chi connectivity index (χ1) is 21.3. The van der Waals surface area contributed by atoms with Gasteiger partial charge in [0.1, 0.15) is 5.69 Å². The van der Waals surface area contributed by atoms with Crippen LogP contribution in [0.5, 0.6) is 0 Å². The van der Waals surface area contributed by atoms with Crippen LogP contribution >= 0.6 is 0 Å². The van der Waals surface area contributed by atoms with Gasteiger partial charge in [0.15, 0.2) is 0 Å². The number of anilines is 2. The maximum Gasteiger partial charge on any atom is 0.294 e. The summed E-state index contributed by atoms with van der Waals surface area (Å²) in [6.45, 7) is 1.79. The molecule has 228 valence electrons. The van der Waals surface area contributed by atoms with Crippen molar-refractivity contribution in [2.24, 2.45) is 30.7 Å². The van der Waals surface area contributed by atoms with Crippen LogP contribution in [0.3, 0.4) is 0 Å². The molecule has 6 N–H and O–H groups in total. The highest BCUT2D eigenvalue weighted by Crippen LogP contribution is 2.37. The van der Waals surface area contributed by atoms with E-state index in [1.165, 1.54) is 42.5 Å². The predicted octanol–water partition coefficient (Wildman–Crippen LogP) is 8.05. The van der Waals surface area contributed by atoms with Crippen molar-refractivity contribution in [2.75, 3.05) is 11.5 Å². The number of nitrogens with zero attached hydrogens (tertiary/aromatic N) is 6. The molecule has 0 atom stereocenters. The zero-order chi connectivity index (χ0) is 32.4. The van der Waals surface area contributed by atoms with Gasteiger partial charge in [-0.2, -0.15) is 32.2 Å². The molecule has 16 heteroatoms. The van der Waals surface area contributed by atoms with E-state index in [2.05, 4.69) is 30.7 Å². The quantitative estimate of drug-likeness (QED) is 0.0730. The van der Waals surface area contributed by atoms with Crippen molar-refractivity contribution in [3.8, 4) is 0 Å². The number of nitrogen functional groups attached to an aromatic ring is 2. The summed E-state index contributed by atoms with van der Waals surface area (Å²) < 4.78 is 64.9. The number of hydrogen-bond acceptors (Lipinski definition) is 12. The second kappa shape index (κ2) is 12.3. The topological polar surface area (TPSA) is 235 Å². The Hall–Kier alpha value is -5.42. The van der Waals surface area contributed by atoms with Crippen molar-refractivity contribution in [2.45, 2.75) is 16.7 Å². The van der Waals surface area contributed by atoms with E-state index < -0.39 is 20.2 Å². The largest absolute Gasteiger partial charge is 0.399 e. The minimum atomic E-state index is -4.51. The van der Waals surface area contributed by atoms with Crippen LogP contribution in [-0.4, -0.2) is 25.9 Å². The second-order valence-corrected chi connectivity index (χ2v) is 12.5. The number of nitrogens with two attached hydrogens (primary N) is 2. The normalized spacial score (nSPS) is 12.6. The van der Waals surface area contributed by atoms with E-state index in [9.17, 15) is 21.4 Å². The van der Waals surface area contributed by atoms with Gasteiger partial charge in [0.05, 0.1) is 43.9 Å². The zero-order valence-corrected chi connectivity index (χ0v) is 25.0. The highest BCUT2D eigenvalue weighted by Gasteiger charge is 2.14. The standard InChI is InChI=1S/C29H24N8O6S2/c1-17-14-20(5-11-26(17)34-32-19-3-6-21(7-4-19)44(38,39)40)33-35-28-13-12-27(36-37-29-10-2-18(30)15-25(29)31)23-9-8-22(16-24(23)28)45(41,42)43/h2-16H,30-31H2,1H3,(H,38,39,40)(H,41,42,43). The molecule has 45 heavy (non-hydrogen) atoms. The molecule has 0 saturated heterocycles. The Labute approximate surface area is 257 Å². The Morgan fingerprint density at radius 3 is 1.67 bits per heavy atom. The Morgan fingerprint density at radius 1 is 0.511 bits per heavy atom. The van der Waals surface area contributed by atoms with Crippen LogP contribution in [0.1, 0.15) is 5.56 Å². The van der Waals surface area contributed by atoms with Gasteiger partial charge in [-0.15, -0.1) is 15.3 Å². The van der Waals surface area contributed by atoms with E-state index >= 15 is 0 Å². The maximum atomic E-state index is 11.9. The first-order valence-corrected chi connectivity index (χ1v) is 15.8. The average Bonchev–Trinajstić information content (AvgIpc) is 2.98. The molecule has 0 radical (unpaired) electrons. The first kappa shape index (κ1) is 31.0. The Balaban J connectivity index is 1.44. The molecule has 5 rings (SSSR count). The van der Waals surface area contributed by atoms with Crippen LogP contribution in [-0.2, 0) is 20.2 Å². The van der Waals surface area contributed by atoms with Gasteiger partial charge in [-0.1, -0.05) is 6.07 Å². The third kappa shape index (κ3) is 7.39. The molecule has 0 unspecified atom stereocenters. The van der Waals surface area contributed by atoms with Gasteiger partial charge in [-0.05, 0) is 97.4 Å². The van der Waals surface area contributed by atoms with Crippen LogP contribution in [0.15, 0.2) is 131 Å². The fourth-order valence-corrected chi connectivity index (χ4v) is 5.11. The van der Waals surface area contributed by atoms with E-state index in [-0.39, 0.29) is 9.79 Å². The van der Waals surface area contributed by atoms with Gasteiger partial charge in [0.25, 0.3) is 20.2 Å². The number of rotatable bonds is 8. The predicted molar refractivity (Wildman–Crippen MR) is 169 cm³/mol. The van der Waals surface area contributed by atoms with Gasteiger partial charge >= 0.3 is 0 Å². The van der Waals surface area contributed by atoms with Crippen molar-refractivity contribution in [3.05, 3.63) is 96.6 Å². The molecule has 0 aliphatic rings. The van der Waals surface area contributed by atoms with Crippen LogP contribution in [0, 0.1) is 6.92 Å². The van der Waals surface area contributed by atoms with Gasteiger partial charge in [-0.3, -0.25) is 9.11 Å². The van der Waals surface area contributed by atoms with Gasteiger partial charge in [0, 0.05) is 16.5 Å². The van der Waals surface area contributed by atoms with Gasteiger partial charge in [-0.25, -0.2) is 0 Å². The molecule has 0 heterocycles. The molecule has 0 fully saturated rings. The fraction of sp³-hybridized carbons (Fsp3) is 0.0345. The molecule has 14 nitrogen and oxygen atoms in total. The molecular weight excluding hydrogens is 621 g/mol. The van der Waals surface area contributed by atoms with Gasteiger partial charge < -0.3 is 11.5 Å². The summed E-state index contributed by atoms with van der Waals surface area (Å²) in [6.07, 6.45) is 0. The monoisotopic (exact) mass is 644 g/mol. The Morgan fingerprint density at radius 2 is 1.02 bits per heavy atom. The molecular formula is C29H24N8O6S2. The summed E-state index contributed by atoms with van der Waals surface area (Å²) in [5.41, 5.74) is 15.7. The maximum absolute atomic E-state index is 11.9. The van der Waals surface area contributed by atoms with Crippen molar-refractivity contribution in [1.29, 1.82) is 0 Å². The van der Waals surface area contributed by atoms with Crippen molar-refractivity contribution in [3.63, 3.8) is 0 Å². The number of aryl methyl sites for hydroxylation is 1. The Bertz CT molecular complexity index is 2250. The summed E-state index contributed by atoms with van der Waals surface area (Å²) in [5, 5.41) is 26.2. The third-order valence-corrected chi connectivity index (χ3v) is 8.14. The summed E-state index contributed by atoms with van der Waals surface area (Å²) >= 11 is 0. The molecule has 0 aliphatic heterocycles. The lowest BCUT2D eigenvalue weighted by Gasteiger charge is -2.07. The number of hydrogen-bond donors (Lipinski definition) is 4. The van der Waals surface area contributed by atoms with Crippen molar-refractivity contribution in [1.82, 2.24) is 0 Å². The lowest BCUT2D eigenvalue weighted by atomic mass is 10.1. The lowest BCUT2D eigenvalue weighted by Crippen LogP contribution is -1.97. The summed E-state index contributed by atoms with van der Waals surface area (Å²) in [7, 11) is -8.82. The molecule has 0 saturated carbocycles. The van der Waals surface area contributed by atoms with Crippen LogP contribution in [0.4, 0.5) is 45.5 Å². The first-order valence-electron chi connectivity index (χ1n) is 12.9. The fourth-order valence-electron chi connectivity index (χ4n) is 4.12. The molecule has 0 aliphatic carbocycles. The number of fused-ring (bicyclic) bond motifs is 1. The highest BCUT2D eigenvalue weighted by molar-refractivity contribution is 7.86. The number of azo groups is 3. The van der Waals surface area contributed by atoms with E-state index in [0.29, 0.717) is 61.8 Å². The molecule has 0 amide bonds. The van der Waals surface area contributed by atoms with Crippen molar-refractivity contribution >= 4 is 76.5 Å². The van der Waals surface area contributed by atoms with E-state index in [4.69, 9.17) is 16.0 Å². The minimum absolute atomic E-state index is 0.253. The van der Waals surface area contributed by atoms with Crippen molar-refractivity contribution < 1.29 is 25.9 Å². The average molecular weight is 645 g/mol. The van der Waals surface area contributed by atoms with Crippen LogP contribution in [0.25, 0.3) is 10.8 Å². The molecule has 0 aromatic heterocycles. The highest BCUT2D eigenvalue weighted by atomic mass is 32.2. The second-order valence-electron chi connectivity index (χ2n) is 9.64. The molecule has 0 bridgehead atoms. The smallest absolute Gasteiger partial charge is 0.294 e. The summed E-state index contributed by atoms with van der Waals surface area (Å²) in [4.78, 5) is -0.585. The van der Waals surface area contributed by atoms with E-state index in [1.807, 2.05) is 0 Å². The summed E-state index contributed by atoms with van der Waals surface area (Å²) in [6, 6.07) is 22.3. The molecule has 0 spiro atoms. The van der Waals surface area contributed by atoms with Crippen LogP contribution in [0.2, 0.25) is 0 Å². The number of benzene rings is 5. The SMILES string of the molecule is Cc1cc(N=Nc2ccc(N=Nc3ccc(N)cc3N)c3ccc(S(=O)(=O)O)cc23)ccc1N=Nc1ccc(S(=O)(=O)O)cc1.